The molecule has 2 aromatic rings. The summed E-state index contributed by atoms with van der Waals surface area (Å²) < 4.78 is 0. The van der Waals surface area contributed by atoms with E-state index in [9.17, 15) is 19.7 Å². The molecule has 0 aromatic heterocycles. The van der Waals surface area contributed by atoms with Crippen LogP contribution in [0.25, 0.3) is 0 Å². The summed E-state index contributed by atoms with van der Waals surface area (Å²) in [7, 11) is 0. The number of non-ortho nitro benzene ring substituents is 1. The number of nitrogens with one attached hydrogen (secondary N) is 1. The van der Waals surface area contributed by atoms with Gasteiger partial charge >= 0.3 is 6.03 Å². The van der Waals surface area contributed by atoms with Crippen molar-refractivity contribution in [1.82, 2.24) is 9.80 Å². The van der Waals surface area contributed by atoms with Gasteiger partial charge in [-0.25, -0.2) is 4.79 Å². The first-order chi connectivity index (χ1) is 16.0. The van der Waals surface area contributed by atoms with Gasteiger partial charge in [-0.05, 0) is 49.2 Å². The number of anilines is 2. The van der Waals surface area contributed by atoms with Gasteiger partial charge in [-0.15, -0.1) is 0 Å². The monoisotopic (exact) mass is 451 g/mol. The fourth-order valence-electron chi connectivity index (χ4n) is 4.31. The number of nitro benzene ring substituents is 1. The van der Waals surface area contributed by atoms with Crippen molar-refractivity contribution in [3.05, 3.63) is 64.2 Å². The van der Waals surface area contributed by atoms with Crippen LogP contribution in [-0.2, 0) is 0 Å². The first-order valence-corrected chi connectivity index (χ1v) is 11.5. The Morgan fingerprint density at radius 1 is 0.758 bits per heavy atom. The van der Waals surface area contributed by atoms with Crippen molar-refractivity contribution in [3.63, 3.8) is 0 Å². The topological polar surface area (TPSA) is 99.0 Å². The number of carbonyl (C=O) groups is 2. The summed E-state index contributed by atoms with van der Waals surface area (Å²) >= 11 is 0. The minimum Gasteiger partial charge on any atom is -0.368 e. The maximum absolute atomic E-state index is 12.7. The van der Waals surface area contributed by atoms with Crippen molar-refractivity contribution < 1.29 is 14.5 Å². The van der Waals surface area contributed by atoms with Gasteiger partial charge in [-0.3, -0.25) is 14.9 Å². The van der Waals surface area contributed by atoms with Gasteiger partial charge in [0.05, 0.1) is 4.92 Å². The van der Waals surface area contributed by atoms with E-state index in [2.05, 4.69) is 10.2 Å². The highest BCUT2D eigenvalue weighted by Crippen LogP contribution is 2.21. The van der Waals surface area contributed by atoms with Gasteiger partial charge in [0.1, 0.15) is 0 Å². The number of nitro groups is 1. The van der Waals surface area contributed by atoms with Crippen molar-refractivity contribution in [2.24, 2.45) is 0 Å². The third kappa shape index (κ3) is 5.60. The Morgan fingerprint density at radius 3 is 1.94 bits per heavy atom. The number of nitrogens with zero attached hydrogens (tertiary/aromatic N) is 4. The van der Waals surface area contributed by atoms with E-state index >= 15 is 0 Å². The standard InChI is InChI=1S/C24H29N5O4/c30-23(27-13-3-1-2-4-14-27)19-5-7-20(8-6-19)25-24(31)28-17-15-26(16-18-28)21-9-11-22(12-10-21)29(32)33/h5-12H,1-4,13-18H2,(H,25,31). The van der Waals surface area contributed by atoms with E-state index in [1.165, 1.54) is 25.0 Å². The molecule has 2 aliphatic rings. The zero-order valence-electron chi connectivity index (χ0n) is 18.6. The van der Waals surface area contributed by atoms with E-state index in [-0.39, 0.29) is 17.6 Å². The summed E-state index contributed by atoms with van der Waals surface area (Å²) in [6.07, 6.45) is 4.46. The molecule has 0 aliphatic carbocycles. The van der Waals surface area contributed by atoms with Crippen LogP contribution in [-0.4, -0.2) is 65.9 Å². The number of likely N-dealkylation sites (tertiary alicyclic amines) is 1. The lowest BCUT2D eigenvalue weighted by Crippen LogP contribution is -2.50. The van der Waals surface area contributed by atoms with Crippen LogP contribution in [0, 0.1) is 10.1 Å². The van der Waals surface area contributed by atoms with E-state index in [0.717, 1.165) is 31.6 Å². The smallest absolute Gasteiger partial charge is 0.321 e. The number of benzene rings is 2. The van der Waals surface area contributed by atoms with E-state index in [0.29, 0.717) is 37.4 Å². The summed E-state index contributed by atoms with van der Waals surface area (Å²) in [5.74, 6) is 0.0529. The predicted molar refractivity (Wildman–Crippen MR) is 127 cm³/mol. The molecule has 9 nitrogen and oxygen atoms in total. The molecule has 2 saturated heterocycles. The molecule has 2 fully saturated rings. The van der Waals surface area contributed by atoms with Gasteiger partial charge in [-0.2, -0.15) is 0 Å². The van der Waals surface area contributed by atoms with Crippen molar-refractivity contribution in [2.45, 2.75) is 25.7 Å². The summed E-state index contributed by atoms with van der Waals surface area (Å²) in [5.41, 5.74) is 2.28. The minimum atomic E-state index is -0.413. The summed E-state index contributed by atoms with van der Waals surface area (Å²) in [4.78, 5) is 41.6. The molecule has 9 heteroatoms. The van der Waals surface area contributed by atoms with Gasteiger partial charge in [0, 0.05) is 68.3 Å². The first kappa shape index (κ1) is 22.6. The summed E-state index contributed by atoms with van der Waals surface area (Å²) in [5, 5.41) is 13.7. The van der Waals surface area contributed by atoms with Crippen molar-refractivity contribution in [3.8, 4) is 0 Å². The normalized spacial score (nSPS) is 16.8. The van der Waals surface area contributed by atoms with Crippen molar-refractivity contribution >= 4 is 29.0 Å². The van der Waals surface area contributed by atoms with Crippen LogP contribution < -0.4 is 10.2 Å². The number of hydrogen-bond donors (Lipinski definition) is 1. The molecule has 33 heavy (non-hydrogen) atoms. The van der Waals surface area contributed by atoms with Crippen LogP contribution in [0.5, 0.6) is 0 Å². The molecule has 3 amide bonds. The lowest BCUT2D eigenvalue weighted by atomic mass is 10.1. The van der Waals surface area contributed by atoms with E-state index < -0.39 is 4.92 Å². The lowest BCUT2D eigenvalue weighted by molar-refractivity contribution is -0.384. The van der Waals surface area contributed by atoms with Gasteiger partial charge < -0.3 is 20.0 Å². The quantitative estimate of drug-likeness (QED) is 0.560. The molecule has 4 rings (SSSR count). The molecular formula is C24H29N5O4. The Kier molecular flexibility index (Phi) is 7.07. The molecule has 0 unspecified atom stereocenters. The van der Waals surface area contributed by atoms with E-state index in [1.54, 1.807) is 41.3 Å². The zero-order valence-corrected chi connectivity index (χ0v) is 18.6. The average Bonchev–Trinajstić information content (AvgIpc) is 3.14. The molecule has 2 aromatic carbocycles. The minimum absolute atomic E-state index is 0.0529. The summed E-state index contributed by atoms with van der Waals surface area (Å²) in [6.45, 7) is 4.01. The molecule has 2 heterocycles. The maximum atomic E-state index is 12.7. The van der Waals surface area contributed by atoms with Crippen molar-refractivity contribution in [1.29, 1.82) is 0 Å². The largest absolute Gasteiger partial charge is 0.368 e. The molecule has 2 aliphatic heterocycles. The molecule has 0 atom stereocenters. The van der Waals surface area contributed by atoms with Crippen molar-refractivity contribution in [2.75, 3.05) is 49.5 Å². The van der Waals surface area contributed by atoms with Gasteiger partial charge in [-0.1, -0.05) is 12.8 Å². The van der Waals surface area contributed by atoms with E-state index in [1.807, 2.05) is 4.90 Å². The highest BCUT2D eigenvalue weighted by molar-refractivity contribution is 5.95. The summed E-state index contributed by atoms with van der Waals surface area (Å²) in [6, 6.07) is 13.4. The van der Waals surface area contributed by atoms with Crippen LogP contribution in [0.2, 0.25) is 0 Å². The van der Waals surface area contributed by atoms with Crippen LogP contribution in [0.15, 0.2) is 48.5 Å². The maximum Gasteiger partial charge on any atom is 0.321 e. The predicted octanol–water partition coefficient (Wildman–Crippen LogP) is 3.97. The van der Waals surface area contributed by atoms with E-state index in [4.69, 9.17) is 0 Å². The number of carbonyl (C=O) groups excluding carboxylic acids is 2. The Balaban J connectivity index is 1.28. The molecule has 0 saturated carbocycles. The Labute approximate surface area is 193 Å². The second-order valence-corrected chi connectivity index (χ2v) is 8.46. The second kappa shape index (κ2) is 10.3. The van der Waals surface area contributed by atoms with Crippen LogP contribution in [0.3, 0.4) is 0 Å². The lowest BCUT2D eigenvalue weighted by Gasteiger charge is -2.36. The fourth-order valence-corrected chi connectivity index (χ4v) is 4.31. The Bertz CT molecular complexity index is 977. The van der Waals surface area contributed by atoms with Crippen LogP contribution in [0.1, 0.15) is 36.0 Å². The number of rotatable bonds is 4. The number of amides is 3. The number of hydrogen-bond acceptors (Lipinski definition) is 5. The molecular weight excluding hydrogens is 422 g/mol. The highest BCUT2D eigenvalue weighted by Gasteiger charge is 2.22. The van der Waals surface area contributed by atoms with Gasteiger partial charge in [0.25, 0.3) is 11.6 Å². The molecule has 1 N–H and O–H groups in total. The van der Waals surface area contributed by atoms with Gasteiger partial charge in [0.2, 0.25) is 0 Å². The molecule has 0 radical (unpaired) electrons. The zero-order chi connectivity index (χ0) is 23.2. The number of urea groups is 1. The van der Waals surface area contributed by atoms with Crippen LogP contribution >= 0.6 is 0 Å². The Morgan fingerprint density at radius 2 is 1.36 bits per heavy atom. The molecule has 0 spiro atoms. The van der Waals surface area contributed by atoms with Gasteiger partial charge in [0.15, 0.2) is 0 Å². The average molecular weight is 452 g/mol. The number of piperazine rings is 1. The van der Waals surface area contributed by atoms with Crippen LogP contribution in [0.4, 0.5) is 21.9 Å². The third-order valence-electron chi connectivity index (χ3n) is 6.27. The molecule has 174 valence electrons. The Hall–Kier alpha value is -3.62. The first-order valence-electron chi connectivity index (χ1n) is 11.5. The second-order valence-electron chi connectivity index (χ2n) is 8.46. The molecule has 0 bridgehead atoms. The third-order valence-corrected chi connectivity index (χ3v) is 6.27. The fraction of sp³-hybridized carbons (Fsp3) is 0.417. The highest BCUT2D eigenvalue weighted by atomic mass is 16.6. The SMILES string of the molecule is O=C(Nc1ccc(C(=O)N2CCCCCC2)cc1)N1CCN(c2ccc([N+](=O)[O-])cc2)CC1.